The van der Waals surface area contributed by atoms with E-state index in [-0.39, 0.29) is 23.6 Å². The molecule has 0 atom stereocenters. The number of amides is 3. The first-order chi connectivity index (χ1) is 11.1. The summed E-state index contributed by atoms with van der Waals surface area (Å²) in [6, 6.07) is 7.22. The van der Waals surface area contributed by atoms with Crippen LogP contribution in [0.25, 0.3) is 0 Å². The molecular weight excluding hydrogens is 294 g/mol. The zero-order valence-electron chi connectivity index (χ0n) is 13.0. The van der Waals surface area contributed by atoms with Gasteiger partial charge in [-0.3, -0.25) is 14.4 Å². The van der Waals surface area contributed by atoms with Crippen LogP contribution in [0.1, 0.15) is 36.0 Å². The maximum absolute atomic E-state index is 12.6. The Morgan fingerprint density at radius 3 is 2.48 bits per heavy atom. The molecule has 0 radical (unpaired) electrons. The SMILES string of the molecule is NC(=O)C1CCN(C(=O)c2cccc(N3CCCC3=O)c2)CC1. The average molecular weight is 315 g/mol. The van der Waals surface area contributed by atoms with Crippen LogP contribution in [-0.4, -0.2) is 42.3 Å². The molecular formula is C17H21N3O3. The lowest BCUT2D eigenvalue weighted by molar-refractivity contribution is -0.123. The number of piperidine rings is 1. The van der Waals surface area contributed by atoms with Crippen molar-refractivity contribution < 1.29 is 14.4 Å². The normalized spacial score (nSPS) is 19.2. The molecule has 2 fully saturated rings. The molecule has 2 heterocycles. The Hall–Kier alpha value is -2.37. The van der Waals surface area contributed by atoms with Crippen LogP contribution in [0.2, 0.25) is 0 Å². The van der Waals surface area contributed by atoms with Gasteiger partial charge in [-0.1, -0.05) is 6.07 Å². The topological polar surface area (TPSA) is 83.7 Å². The zero-order chi connectivity index (χ0) is 16.4. The van der Waals surface area contributed by atoms with E-state index in [1.165, 1.54) is 0 Å². The lowest BCUT2D eigenvalue weighted by Gasteiger charge is -2.30. The molecule has 0 aliphatic carbocycles. The third-order valence-corrected chi connectivity index (χ3v) is 4.66. The van der Waals surface area contributed by atoms with Gasteiger partial charge in [-0.05, 0) is 37.5 Å². The van der Waals surface area contributed by atoms with E-state index in [4.69, 9.17) is 5.73 Å². The molecule has 1 aromatic rings. The molecule has 0 bridgehead atoms. The Labute approximate surface area is 135 Å². The lowest BCUT2D eigenvalue weighted by Crippen LogP contribution is -2.41. The third kappa shape index (κ3) is 3.21. The van der Waals surface area contributed by atoms with Crippen molar-refractivity contribution in [2.45, 2.75) is 25.7 Å². The first kappa shape index (κ1) is 15.5. The van der Waals surface area contributed by atoms with E-state index >= 15 is 0 Å². The molecule has 2 N–H and O–H groups in total. The van der Waals surface area contributed by atoms with Gasteiger partial charge in [0.2, 0.25) is 11.8 Å². The molecule has 0 aromatic heterocycles. The van der Waals surface area contributed by atoms with Gasteiger partial charge in [0.1, 0.15) is 0 Å². The van der Waals surface area contributed by atoms with Gasteiger partial charge in [0.15, 0.2) is 0 Å². The Morgan fingerprint density at radius 2 is 1.87 bits per heavy atom. The highest BCUT2D eigenvalue weighted by Crippen LogP contribution is 2.24. The van der Waals surface area contributed by atoms with Crippen molar-refractivity contribution in [3.05, 3.63) is 29.8 Å². The minimum atomic E-state index is -0.286. The predicted octanol–water partition coefficient (Wildman–Crippen LogP) is 1.15. The van der Waals surface area contributed by atoms with Gasteiger partial charge in [0.25, 0.3) is 5.91 Å². The number of rotatable bonds is 3. The van der Waals surface area contributed by atoms with Crippen LogP contribution in [0, 0.1) is 5.92 Å². The molecule has 2 aliphatic heterocycles. The van der Waals surface area contributed by atoms with Crippen LogP contribution in [0.5, 0.6) is 0 Å². The molecule has 2 aliphatic rings. The Bertz CT molecular complexity index is 636. The van der Waals surface area contributed by atoms with Gasteiger partial charge in [0, 0.05) is 43.2 Å². The largest absolute Gasteiger partial charge is 0.369 e. The molecule has 23 heavy (non-hydrogen) atoms. The summed E-state index contributed by atoms with van der Waals surface area (Å²) in [5.41, 5.74) is 6.69. The van der Waals surface area contributed by atoms with Crippen LogP contribution < -0.4 is 10.6 Å². The highest BCUT2D eigenvalue weighted by atomic mass is 16.2. The van der Waals surface area contributed by atoms with Crippen molar-refractivity contribution in [1.29, 1.82) is 0 Å². The van der Waals surface area contributed by atoms with E-state index in [0.717, 1.165) is 12.1 Å². The number of primary amides is 1. The first-order valence-electron chi connectivity index (χ1n) is 8.05. The van der Waals surface area contributed by atoms with E-state index < -0.39 is 0 Å². The average Bonchev–Trinajstić information content (AvgIpc) is 3.00. The minimum Gasteiger partial charge on any atom is -0.369 e. The van der Waals surface area contributed by atoms with Crippen LogP contribution in [0.3, 0.4) is 0 Å². The van der Waals surface area contributed by atoms with Crippen molar-refractivity contribution in [2.75, 3.05) is 24.5 Å². The van der Waals surface area contributed by atoms with Gasteiger partial charge in [-0.2, -0.15) is 0 Å². The van der Waals surface area contributed by atoms with Crippen molar-refractivity contribution >= 4 is 23.4 Å². The third-order valence-electron chi connectivity index (χ3n) is 4.66. The molecule has 6 heteroatoms. The maximum Gasteiger partial charge on any atom is 0.253 e. The fourth-order valence-electron chi connectivity index (χ4n) is 3.28. The molecule has 1 aromatic carbocycles. The fraction of sp³-hybridized carbons (Fsp3) is 0.471. The smallest absolute Gasteiger partial charge is 0.253 e. The molecule has 3 amide bonds. The minimum absolute atomic E-state index is 0.0542. The number of hydrogen-bond acceptors (Lipinski definition) is 3. The number of benzene rings is 1. The second kappa shape index (κ2) is 6.40. The maximum atomic E-state index is 12.6. The number of likely N-dealkylation sites (tertiary alicyclic amines) is 1. The van der Waals surface area contributed by atoms with E-state index in [1.54, 1.807) is 21.9 Å². The molecule has 122 valence electrons. The summed E-state index contributed by atoms with van der Waals surface area (Å²) in [5.74, 6) is -0.363. The number of nitrogens with two attached hydrogens (primary N) is 1. The summed E-state index contributed by atoms with van der Waals surface area (Å²) in [5, 5.41) is 0. The molecule has 3 rings (SSSR count). The molecule has 6 nitrogen and oxygen atoms in total. The van der Waals surface area contributed by atoms with Crippen LogP contribution >= 0.6 is 0 Å². The van der Waals surface area contributed by atoms with Gasteiger partial charge in [-0.15, -0.1) is 0 Å². The van der Waals surface area contributed by atoms with E-state index in [9.17, 15) is 14.4 Å². The van der Waals surface area contributed by atoms with Crippen molar-refractivity contribution in [3.63, 3.8) is 0 Å². The van der Waals surface area contributed by atoms with Crippen molar-refractivity contribution in [1.82, 2.24) is 4.90 Å². The molecule has 2 saturated heterocycles. The summed E-state index contributed by atoms with van der Waals surface area (Å²) in [6.07, 6.45) is 2.66. The first-order valence-corrected chi connectivity index (χ1v) is 8.05. The monoisotopic (exact) mass is 315 g/mol. The number of nitrogens with zero attached hydrogens (tertiary/aromatic N) is 2. The van der Waals surface area contributed by atoms with Crippen molar-refractivity contribution in [2.24, 2.45) is 11.7 Å². The standard InChI is InChI=1S/C17H21N3O3/c18-16(22)12-6-9-19(10-7-12)17(23)13-3-1-4-14(11-13)20-8-2-5-15(20)21/h1,3-4,11-12H,2,5-10H2,(H2,18,22). The van der Waals surface area contributed by atoms with Gasteiger partial charge < -0.3 is 15.5 Å². The number of anilines is 1. The summed E-state index contributed by atoms with van der Waals surface area (Å²) in [4.78, 5) is 39.2. The van der Waals surface area contributed by atoms with Gasteiger partial charge in [0.05, 0.1) is 0 Å². The predicted molar refractivity (Wildman–Crippen MR) is 85.9 cm³/mol. The van der Waals surface area contributed by atoms with E-state index in [1.807, 2.05) is 12.1 Å². The highest BCUT2D eigenvalue weighted by molar-refractivity contribution is 5.99. The summed E-state index contributed by atoms with van der Waals surface area (Å²) in [7, 11) is 0. The lowest BCUT2D eigenvalue weighted by atomic mass is 9.96. The summed E-state index contributed by atoms with van der Waals surface area (Å²) in [6.45, 7) is 1.79. The van der Waals surface area contributed by atoms with E-state index in [0.29, 0.717) is 44.5 Å². The van der Waals surface area contributed by atoms with E-state index in [2.05, 4.69) is 0 Å². The summed E-state index contributed by atoms with van der Waals surface area (Å²) >= 11 is 0. The molecule has 0 spiro atoms. The fourth-order valence-corrected chi connectivity index (χ4v) is 3.28. The van der Waals surface area contributed by atoms with Crippen molar-refractivity contribution in [3.8, 4) is 0 Å². The number of carbonyl (C=O) groups is 3. The number of hydrogen-bond donors (Lipinski definition) is 1. The number of carbonyl (C=O) groups excluding carboxylic acids is 3. The second-order valence-electron chi connectivity index (χ2n) is 6.17. The van der Waals surface area contributed by atoms with Crippen LogP contribution in [0.15, 0.2) is 24.3 Å². The van der Waals surface area contributed by atoms with Gasteiger partial charge >= 0.3 is 0 Å². The Kier molecular flexibility index (Phi) is 4.32. The van der Waals surface area contributed by atoms with Crippen LogP contribution in [0.4, 0.5) is 5.69 Å². The van der Waals surface area contributed by atoms with Gasteiger partial charge in [-0.25, -0.2) is 0 Å². The summed E-state index contributed by atoms with van der Waals surface area (Å²) < 4.78 is 0. The molecule has 0 unspecified atom stereocenters. The Balaban J connectivity index is 1.71. The highest BCUT2D eigenvalue weighted by Gasteiger charge is 2.27. The Morgan fingerprint density at radius 1 is 1.13 bits per heavy atom. The van der Waals surface area contributed by atoms with Crippen LogP contribution in [-0.2, 0) is 9.59 Å². The quantitative estimate of drug-likeness (QED) is 0.908. The zero-order valence-corrected chi connectivity index (χ0v) is 13.0. The second-order valence-corrected chi connectivity index (χ2v) is 6.17. The molecule has 0 saturated carbocycles.